The molecule has 17 heavy (non-hydrogen) atoms. The summed E-state index contributed by atoms with van der Waals surface area (Å²) in [5.41, 5.74) is 1.09. The summed E-state index contributed by atoms with van der Waals surface area (Å²) in [6.07, 6.45) is 5.30. The topological polar surface area (TPSA) is 9.23 Å². The first kappa shape index (κ1) is 13.2. The minimum Gasteiger partial charge on any atom is -0.490 e. The molecule has 1 fully saturated rings. The lowest BCUT2D eigenvalue weighted by Crippen LogP contribution is -2.23. The largest absolute Gasteiger partial charge is 0.490 e. The van der Waals surface area contributed by atoms with Gasteiger partial charge in [0.25, 0.3) is 0 Å². The zero-order valence-electron chi connectivity index (χ0n) is 10.1. The lowest BCUT2D eigenvalue weighted by atomic mass is 9.89. The zero-order chi connectivity index (χ0) is 12.3. The number of hydrogen-bond acceptors (Lipinski definition) is 1. The van der Waals surface area contributed by atoms with E-state index < -0.39 is 0 Å². The Labute approximate surface area is 117 Å². The Morgan fingerprint density at radius 2 is 2.00 bits per heavy atom. The van der Waals surface area contributed by atoms with E-state index in [-0.39, 0.29) is 0 Å². The molecule has 0 saturated heterocycles. The van der Waals surface area contributed by atoms with Crippen molar-refractivity contribution in [3.63, 3.8) is 0 Å². The average Bonchev–Trinajstić information content (AvgIpc) is 2.34. The number of benzene rings is 1. The number of hydrogen-bond donors (Lipinski definition) is 0. The van der Waals surface area contributed by atoms with E-state index in [1.54, 1.807) is 0 Å². The molecule has 0 N–H and O–H groups in total. The van der Waals surface area contributed by atoms with E-state index in [0.29, 0.717) is 12.0 Å². The summed E-state index contributed by atoms with van der Waals surface area (Å²) in [4.78, 5) is 0. The molecule has 2 rings (SSSR count). The molecule has 1 aromatic rings. The Morgan fingerprint density at radius 3 is 2.65 bits per heavy atom. The maximum absolute atomic E-state index is 6.02. The molecule has 0 heterocycles. The Kier molecular flexibility index (Phi) is 4.75. The van der Waals surface area contributed by atoms with Crippen LogP contribution in [0, 0.1) is 5.92 Å². The first-order valence-corrected chi connectivity index (χ1v) is 7.53. The van der Waals surface area contributed by atoms with Gasteiger partial charge in [-0.25, -0.2) is 0 Å². The highest BCUT2D eigenvalue weighted by Crippen LogP contribution is 2.29. The molecule has 0 unspecified atom stereocenters. The SMILES string of the molecule is CC1CCC(Oc2ccc(Br)c(CCl)c2)CC1. The van der Waals surface area contributed by atoms with Crippen LogP contribution in [0.1, 0.15) is 38.2 Å². The van der Waals surface area contributed by atoms with E-state index in [1.165, 1.54) is 25.7 Å². The highest BCUT2D eigenvalue weighted by molar-refractivity contribution is 9.10. The molecule has 1 aliphatic carbocycles. The van der Waals surface area contributed by atoms with Crippen LogP contribution >= 0.6 is 27.5 Å². The molecular weight excluding hydrogens is 300 g/mol. The molecule has 0 amide bonds. The predicted octanol–water partition coefficient (Wildman–Crippen LogP) is 5.15. The van der Waals surface area contributed by atoms with Crippen LogP contribution in [-0.4, -0.2) is 6.10 Å². The van der Waals surface area contributed by atoms with Crippen LogP contribution in [0.3, 0.4) is 0 Å². The number of rotatable bonds is 3. The van der Waals surface area contributed by atoms with Crippen molar-refractivity contribution in [3.8, 4) is 5.75 Å². The summed E-state index contributed by atoms with van der Waals surface area (Å²) in [6, 6.07) is 6.06. The third kappa shape index (κ3) is 3.62. The van der Waals surface area contributed by atoms with Gasteiger partial charge in [0.1, 0.15) is 5.75 Å². The van der Waals surface area contributed by atoms with Crippen molar-refractivity contribution in [2.24, 2.45) is 5.92 Å². The molecular formula is C14H18BrClO. The molecule has 0 radical (unpaired) electrons. The first-order chi connectivity index (χ1) is 8.19. The second kappa shape index (κ2) is 6.10. The Morgan fingerprint density at radius 1 is 1.29 bits per heavy atom. The smallest absolute Gasteiger partial charge is 0.120 e. The fraction of sp³-hybridized carbons (Fsp3) is 0.571. The molecule has 0 bridgehead atoms. The van der Waals surface area contributed by atoms with Crippen molar-refractivity contribution in [2.45, 2.75) is 44.6 Å². The van der Waals surface area contributed by atoms with E-state index in [1.807, 2.05) is 18.2 Å². The van der Waals surface area contributed by atoms with Crippen LogP contribution in [0.5, 0.6) is 5.75 Å². The Hall–Kier alpha value is -0.210. The van der Waals surface area contributed by atoms with E-state index in [4.69, 9.17) is 16.3 Å². The van der Waals surface area contributed by atoms with Gasteiger partial charge < -0.3 is 4.74 Å². The second-order valence-corrected chi connectivity index (χ2v) is 6.01. The van der Waals surface area contributed by atoms with Crippen LogP contribution in [0.2, 0.25) is 0 Å². The molecule has 1 aromatic carbocycles. The summed E-state index contributed by atoms with van der Waals surface area (Å²) < 4.78 is 7.07. The third-order valence-corrected chi connectivity index (χ3v) is 4.49. The van der Waals surface area contributed by atoms with Gasteiger partial charge in [-0.1, -0.05) is 22.9 Å². The normalized spacial score (nSPS) is 24.6. The highest BCUT2D eigenvalue weighted by atomic mass is 79.9. The van der Waals surface area contributed by atoms with Gasteiger partial charge in [0, 0.05) is 10.4 Å². The summed E-state index contributed by atoms with van der Waals surface area (Å²) in [6.45, 7) is 2.32. The fourth-order valence-electron chi connectivity index (χ4n) is 2.27. The van der Waals surface area contributed by atoms with Crippen LogP contribution in [0.25, 0.3) is 0 Å². The van der Waals surface area contributed by atoms with Crippen molar-refractivity contribution >= 4 is 27.5 Å². The van der Waals surface area contributed by atoms with E-state index in [2.05, 4.69) is 22.9 Å². The minimum absolute atomic E-state index is 0.385. The van der Waals surface area contributed by atoms with E-state index >= 15 is 0 Å². The van der Waals surface area contributed by atoms with E-state index in [9.17, 15) is 0 Å². The third-order valence-electron chi connectivity index (χ3n) is 3.43. The average molecular weight is 318 g/mol. The number of halogens is 2. The molecule has 0 spiro atoms. The Bertz CT molecular complexity index is 372. The lowest BCUT2D eigenvalue weighted by molar-refractivity contribution is 0.135. The van der Waals surface area contributed by atoms with Gasteiger partial charge in [0.05, 0.1) is 6.10 Å². The molecule has 94 valence electrons. The Balaban J connectivity index is 1.99. The monoisotopic (exact) mass is 316 g/mol. The zero-order valence-corrected chi connectivity index (χ0v) is 12.4. The molecule has 0 aliphatic heterocycles. The maximum Gasteiger partial charge on any atom is 0.120 e. The molecule has 0 aromatic heterocycles. The van der Waals surface area contributed by atoms with Gasteiger partial charge >= 0.3 is 0 Å². The van der Waals surface area contributed by atoms with Gasteiger partial charge in [-0.05, 0) is 55.4 Å². The predicted molar refractivity (Wildman–Crippen MR) is 75.7 cm³/mol. The minimum atomic E-state index is 0.385. The van der Waals surface area contributed by atoms with Gasteiger partial charge in [0.15, 0.2) is 0 Å². The first-order valence-electron chi connectivity index (χ1n) is 6.20. The highest BCUT2D eigenvalue weighted by Gasteiger charge is 2.19. The lowest BCUT2D eigenvalue weighted by Gasteiger charge is -2.27. The fourth-order valence-corrected chi connectivity index (χ4v) is 3.04. The number of alkyl halides is 1. The standard InChI is InChI=1S/C14H18BrClO/c1-10-2-4-12(5-3-10)17-13-6-7-14(15)11(8-13)9-16/h6-8,10,12H,2-5,9H2,1H3. The van der Waals surface area contributed by atoms with E-state index in [0.717, 1.165) is 21.7 Å². The van der Waals surface area contributed by atoms with Crippen molar-refractivity contribution in [1.82, 2.24) is 0 Å². The molecule has 0 atom stereocenters. The maximum atomic E-state index is 6.02. The van der Waals surface area contributed by atoms with Crippen LogP contribution in [0.4, 0.5) is 0 Å². The summed E-state index contributed by atoms with van der Waals surface area (Å²) >= 11 is 9.36. The summed E-state index contributed by atoms with van der Waals surface area (Å²) in [7, 11) is 0. The van der Waals surface area contributed by atoms with Crippen LogP contribution in [-0.2, 0) is 5.88 Å². The van der Waals surface area contributed by atoms with Gasteiger partial charge in [-0.15, -0.1) is 11.6 Å². The quantitative estimate of drug-likeness (QED) is 0.701. The van der Waals surface area contributed by atoms with Crippen LogP contribution in [0.15, 0.2) is 22.7 Å². The van der Waals surface area contributed by atoms with Crippen molar-refractivity contribution < 1.29 is 4.74 Å². The molecule has 1 saturated carbocycles. The van der Waals surface area contributed by atoms with Gasteiger partial charge in [-0.2, -0.15) is 0 Å². The number of ether oxygens (including phenoxy) is 1. The molecule has 3 heteroatoms. The molecule has 1 aliphatic rings. The van der Waals surface area contributed by atoms with Gasteiger partial charge in [0.2, 0.25) is 0 Å². The molecule has 1 nitrogen and oxygen atoms in total. The second-order valence-electron chi connectivity index (χ2n) is 4.89. The van der Waals surface area contributed by atoms with Crippen molar-refractivity contribution in [2.75, 3.05) is 0 Å². The van der Waals surface area contributed by atoms with Gasteiger partial charge in [-0.3, -0.25) is 0 Å². The van der Waals surface area contributed by atoms with Crippen molar-refractivity contribution in [3.05, 3.63) is 28.2 Å². The van der Waals surface area contributed by atoms with Crippen LogP contribution < -0.4 is 4.74 Å². The van der Waals surface area contributed by atoms with Crippen molar-refractivity contribution in [1.29, 1.82) is 0 Å². The summed E-state index contributed by atoms with van der Waals surface area (Å²) in [5, 5.41) is 0. The summed E-state index contributed by atoms with van der Waals surface area (Å²) in [5.74, 6) is 2.32.